The van der Waals surface area contributed by atoms with Crippen molar-refractivity contribution >= 4 is 21.5 Å². The van der Waals surface area contributed by atoms with Crippen LogP contribution in [0.1, 0.15) is 12.0 Å². The van der Waals surface area contributed by atoms with Crippen molar-refractivity contribution in [2.75, 3.05) is 18.0 Å². The molecule has 2 saturated heterocycles. The maximum absolute atomic E-state index is 10.7. The lowest BCUT2D eigenvalue weighted by Gasteiger charge is -2.29. The highest BCUT2D eigenvalue weighted by Gasteiger charge is 2.37. The summed E-state index contributed by atoms with van der Waals surface area (Å²) in [6.07, 6.45) is 1.16. The highest BCUT2D eigenvalue weighted by atomic mass is 32.2. The number of piperazine rings is 1. The standard InChI is InChI=1S/C11H13N3O2.C7H8O3S/c15-14(16)10-3-1-2-9(5-10)13-7-8-4-11(13)6-12-8;1-6-2-4-7(5-3-6)11(8,9)10/h1-3,5,8,11-12H,4,6-7H2;2-5H,1H3,(H,8,9,10)/t8-,11-;/m0./s1. The van der Waals surface area contributed by atoms with Crippen LogP contribution in [0.25, 0.3) is 0 Å². The minimum absolute atomic E-state index is 0.0666. The van der Waals surface area contributed by atoms with Crippen LogP contribution in [0.3, 0.4) is 0 Å². The lowest BCUT2D eigenvalue weighted by Crippen LogP contribution is -2.43. The van der Waals surface area contributed by atoms with E-state index in [1.165, 1.54) is 18.2 Å². The molecule has 0 aliphatic carbocycles. The minimum Gasteiger partial charge on any atom is -0.365 e. The summed E-state index contributed by atoms with van der Waals surface area (Å²) >= 11 is 0. The predicted octanol–water partition coefficient (Wildman–Crippen LogP) is 2.39. The molecule has 9 heteroatoms. The van der Waals surface area contributed by atoms with Crippen LogP contribution in [0.2, 0.25) is 0 Å². The predicted molar refractivity (Wildman–Crippen MR) is 102 cm³/mol. The molecule has 0 saturated carbocycles. The second kappa shape index (κ2) is 7.63. The van der Waals surface area contributed by atoms with E-state index in [1.54, 1.807) is 24.3 Å². The molecule has 2 fully saturated rings. The second-order valence-corrected chi connectivity index (χ2v) is 8.13. The summed E-state index contributed by atoms with van der Waals surface area (Å²) in [5.41, 5.74) is 2.11. The first kappa shape index (κ1) is 19.3. The molecule has 144 valence electrons. The first-order valence-corrected chi connectivity index (χ1v) is 9.96. The number of nitrogens with zero attached hydrogens (tertiary/aromatic N) is 2. The Hall–Kier alpha value is -2.49. The Labute approximate surface area is 157 Å². The monoisotopic (exact) mass is 391 g/mol. The topological polar surface area (TPSA) is 113 Å². The van der Waals surface area contributed by atoms with E-state index in [4.69, 9.17) is 4.55 Å². The van der Waals surface area contributed by atoms with Crippen molar-refractivity contribution in [1.29, 1.82) is 0 Å². The van der Waals surface area contributed by atoms with Crippen molar-refractivity contribution in [2.24, 2.45) is 0 Å². The quantitative estimate of drug-likeness (QED) is 0.469. The number of hydrogen-bond acceptors (Lipinski definition) is 6. The number of hydrogen-bond donors (Lipinski definition) is 2. The normalized spacial score (nSPS) is 20.9. The zero-order valence-corrected chi connectivity index (χ0v) is 15.6. The van der Waals surface area contributed by atoms with Gasteiger partial charge in [-0.1, -0.05) is 23.8 Å². The molecule has 2 N–H and O–H groups in total. The molecular formula is C18H21N3O5S. The molecule has 2 aliphatic rings. The summed E-state index contributed by atoms with van der Waals surface area (Å²) in [5, 5.41) is 14.1. The van der Waals surface area contributed by atoms with Crippen LogP contribution in [0.4, 0.5) is 11.4 Å². The maximum atomic E-state index is 10.7. The average molecular weight is 391 g/mol. The van der Waals surface area contributed by atoms with Crippen LogP contribution in [0, 0.1) is 17.0 Å². The van der Waals surface area contributed by atoms with Gasteiger partial charge < -0.3 is 10.2 Å². The third-order valence-electron chi connectivity index (χ3n) is 4.75. The molecule has 2 atom stereocenters. The van der Waals surface area contributed by atoms with E-state index in [1.807, 2.05) is 13.0 Å². The largest absolute Gasteiger partial charge is 0.365 e. The third-order valence-corrected chi connectivity index (χ3v) is 5.62. The van der Waals surface area contributed by atoms with E-state index in [2.05, 4.69) is 10.2 Å². The van der Waals surface area contributed by atoms with E-state index in [0.717, 1.165) is 30.8 Å². The molecule has 0 aromatic heterocycles. The fourth-order valence-electron chi connectivity index (χ4n) is 3.37. The number of nitrogens with one attached hydrogen (secondary N) is 1. The van der Waals surface area contributed by atoms with Crippen molar-refractivity contribution in [3.05, 3.63) is 64.2 Å². The van der Waals surface area contributed by atoms with Gasteiger partial charge in [0.15, 0.2) is 0 Å². The molecule has 4 rings (SSSR count). The van der Waals surface area contributed by atoms with Crippen molar-refractivity contribution in [2.45, 2.75) is 30.3 Å². The Morgan fingerprint density at radius 3 is 2.44 bits per heavy atom. The van der Waals surface area contributed by atoms with E-state index >= 15 is 0 Å². The molecule has 2 aromatic rings. The number of non-ortho nitro benzene ring substituents is 1. The molecular weight excluding hydrogens is 370 g/mol. The summed E-state index contributed by atoms with van der Waals surface area (Å²) in [7, 11) is -4.02. The number of nitro benzene ring substituents is 1. The van der Waals surface area contributed by atoms with Crippen molar-refractivity contribution in [3.8, 4) is 0 Å². The Morgan fingerprint density at radius 2 is 1.93 bits per heavy atom. The van der Waals surface area contributed by atoms with Gasteiger partial charge >= 0.3 is 0 Å². The van der Waals surface area contributed by atoms with Gasteiger partial charge in [0.2, 0.25) is 0 Å². The van der Waals surface area contributed by atoms with Crippen molar-refractivity contribution in [3.63, 3.8) is 0 Å². The molecule has 2 bridgehead atoms. The van der Waals surface area contributed by atoms with Crippen molar-refractivity contribution < 1.29 is 17.9 Å². The molecule has 2 aliphatic heterocycles. The molecule has 8 nitrogen and oxygen atoms in total. The SMILES string of the molecule is Cc1ccc(S(=O)(=O)O)cc1.O=[N+]([O-])c1cccc(N2C[C@@H]3C[C@H]2CN3)c1. The highest BCUT2D eigenvalue weighted by molar-refractivity contribution is 7.85. The van der Waals surface area contributed by atoms with Gasteiger partial charge in [-0.15, -0.1) is 0 Å². The van der Waals surface area contributed by atoms with E-state index in [9.17, 15) is 18.5 Å². The smallest absolute Gasteiger partial charge is 0.294 e. The molecule has 0 radical (unpaired) electrons. The highest BCUT2D eigenvalue weighted by Crippen LogP contribution is 2.31. The number of nitro groups is 1. The Morgan fingerprint density at radius 1 is 1.22 bits per heavy atom. The second-order valence-electron chi connectivity index (χ2n) is 6.71. The Balaban J connectivity index is 0.000000168. The third kappa shape index (κ3) is 4.62. The summed E-state index contributed by atoms with van der Waals surface area (Å²) in [6, 6.07) is 14.0. The van der Waals surface area contributed by atoms with Gasteiger partial charge in [0.25, 0.3) is 15.8 Å². The van der Waals surface area contributed by atoms with Crippen molar-refractivity contribution in [1.82, 2.24) is 5.32 Å². The van der Waals surface area contributed by atoms with Crippen LogP contribution in [-0.2, 0) is 10.1 Å². The van der Waals surface area contributed by atoms with Gasteiger partial charge in [0, 0.05) is 43.0 Å². The zero-order chi connectivity index (χ0) is 19.6. The van der Waals surface area contributed by atoms with E-state index < -0.39 is 10.1 Å². The van der Waals surface area contributed by atoms with Gasteiger partial charge in [-0.25, -0.2) is 0 Å². The molecule has 2 heterocycles. The summed E-state index contributed by atoms with van der Waals surface area (Å²) in [4.78, 5) is 12.6. The molecule has 0 unspecified atom stereocenters. The summed E-state index contributed by atoms with van der Waals surface area (Å²) < 4.78 is 29.6. The molecule has 0 spiro atoms. The van der Waals surface area contributed by atoms with E-state index in [-0.39, 0.29) is 15.5 Å². The lowest BCUT2D eigenvalue weighted by molar-refractivity contribution is -0.384. The van der Waals surface area contributed by atoms with Crippen LogP contribution in [-0.4, -0.2) is 43.1 Å². The molecule has 27 heavy (non-hydrogen) atoms. The first-order chi connectivity index (χ1) is 12.7. The van der Waals surface area contributed by atoms with Crippen LogP contribution < -0.4 is 10.2 Å². The van der Waals surface area contributed by atoms with Gasteiger partial charge in [-0.3, -0.25) is 14.7 Å². The van der Waals surface area contributed by atoms with E-state index in [0.29, 0.717) is 12.1 Å². The number of rotatable bonds is 3. The maximum Gasteiger partial charge on any atom is 0.294 e. The Bertz CT molecular complexity index is 930. The van der Waals surface area contributed by atoms with Crippen LogP contribution in [0.5, 0.6) is 0 Å². The van der Waals surface area contributed by atoms with Gasteiger partial charge in [-0.2, -0.15) is 8.42 Å². The number of benzene rings is 2. The van der Waals surface area contributed by atoms with Gasteiger partial charge in [0.1, 0.15) is 0 Å². The molecule has 2 aromatic carbocycles. The van der Waals surface area contributed by atoms with Gasteiger partial charge in [-0.05, 0) is 31.5 Å². The lowest BCUT2D eigenvalue weighted by atomic mass is 10.2. The van der Waals surface area contributed by atoms with Crippen LogP contribution >= 0.6 is 0 Å². The minimum atomic E-state index is -4.02. The number of aryl methyl sites for hydroxylation is 1. The fraction of sp³-hybridized carbons (Fsp3) is 0.333. The molecule has 0 amide bonds. The summed E-state index contributed by atoms with van der Waals surface area (Å²) in [6.45, 7) is 3.80. The van der Waals surface area contributed by atoms with Crippen LogP contribution in [0.15, 0.2) is 53.4 Å². The van der Waals surface area contributed by atoms with Gasteiger partial charge in [0.05, 0.1) is 9.82 Å². The average Bonchev–Trinajstić information content (AvgIpc) is 3.25. The number of anilines is 1. The zero-order valence-electron chi connectivity index (χ0n) is 14.8. The fourth-order valence-corrected chi connectivity index (χ4v) is 3.85. The summed E-state index contributed by atoms with van der Waals surface area (Å²) in [5.74, 6) is 0. The Kier molecular flexibility index (Phi) is 5.45. The number of fused-ring (bicyclic) bond motifs is 2. The first-order valence-electron chi connectivity index (χ1n) is 8.52.